The Morgan fingerprint density at radius 2 is 1.36 bits per heavy atom. The number of rotatable bonds is 10. The molecule has 0 aliphatic rings. The highest BCUT2D eigenvalue weighted by molar-refractivity contribution is 5.89. The summed E-state index contributed by atoms with van der Waals surface area (Å²) in [7, 11) is 0. The summed E-state index contributed by atoms with van der Waals surface area (Å²) in [5.74, 6) is 0.614. The fraction of sp³-hybridized carbons (Fsp3) is 0.700. The average molecular weight is 313 g/mol. The van der Waals surface area contributed by atoms with Crippen molar-refractivity contribution < 1.29 is 9.59 Å². The number of Topliss-reactive ketones (excluding diaryl/α,β-unsaturated/α-hetero) is 1. The topological polar surface area (TPSA) is 34.1 Å². The van der Waals surface area contributed by atoms with E-state index >= 15 is 0 Å². The summed E-state index contributed by atoms with van der Waals surface area (Å²) < 4.78 is 0. The SMILES string of the molecule is C.C.CC/C=C\CC(=O)CCC.CCC/C=C/C(=O)CCC. The average Bonchev–Trinajstić information content (AvgIpc) is 2.41. The molecule has 0 unspecified atom stereocenters. The van der Waals surface area contributed by atoms with Crippen LogP contribution >= 0.6 is 0 Å². The van der Waals surface area contributed by atoms with Crippen molar-refractivity contribution in [1.29, 1.82) is 0 Å². The van der Waals surface area contributed by atoms with Crippen LogP contribution in [-0.4, -0.2) is 11.6 Å². The van der Waals surface area contributed by atoms with E-state index in [1.165, 1.54) is 0 Å². The molecule has 0 aliphatic carbocycles. The molecule has 0 heterocycles. The Labute approximate surface area is 140 Å². The van der Waals surface area contributed by atoms with Crippen LogP contribution in [-0.2, 0) is 9.59 Å². The van der Waals surface area contributed by atoms with E-state index in [1.54, 1.807) is 6.08 Å². The van der Waals surface area contributed by atoms with E-state index in [4.69, 9.17) is 0 Å². The first-order chi connectivity index (χ1) is 9.62. The van der Waals surface area contributed by atoms with Crippen LogP contribution in [0, 0.1) is 0 Å². The van der Waals surface area contributed by atoms with Gasteiger partial charge in [0.05, 0.1) is 0 Å². The number of hydrogen-bond acceptors (Lipinski definition) is 2. The van der Waals surface area contributed by atoms with Gasteiger partial charge in [0.1, 0.15) is 5.78 Å². The zero-order valence-corrected chi connectivity index (χ0v) is 13.8. The number of carbonyl (C=O) groups excluding carboxylic acids is 2. The fourth-order valence-electron chi connectivity index (χ4n) is 1.47. The molecule has 0 amide bonds. The molecular formula is C20H40O2. The molecule has 0 bridgehead atoms. The van der Waals surface area contributed by atoms with Crippen LogP contribution in [0.3, 0.4) is 0 Å². The van der Waals surface area contributed by atoms with Gasteiger partial charge in [0.25, 0.3) is 0 Å². The monoisotopic (exact) mass is 312 g/mol. The van der Waals surface area contributed by atoms with Crippen LogP contribution in [0.4, 0.5) is 0 Å². The van der Waals surface area contributed by atoms with E-state index in [0.29, 0.717) is 18.6 Å². The van der Waals surface area contributed by atoms with E-state index in [9.17, 15) is 9.59 Å². The summed E-state index contributed by atoms with van der Waals surface area (Å²) in [5.41, 5.74) is 0. The molecule has 0 aromatic carbocycles. The standard InChI is InChI=1S/2C9H16O.2CH4/c2*1-3-5-6-8-9(10)7-4-2;;/h6,8H,3-5,7H2,1-2H3;5-6H,3-4,7-8H2,1-2H3;2*1H4/b8-6+;6-5-;;. The fourth-order valence-corrected chi connectivity index (χ4v) is 1.47. The predicted octanol–water partition coefficient (Wildman–Crippen LogP) is 6.70. The van der Waals surface area contributed by atoms with Crippen molar-refractivity contribution in [2.24, 2.45) is 0 Å². The molecule has 132 valence electrons. The number of ketones is 2. The molecule has 22 heavy (non-hydrogen) atoms. The number of carbonyl (C=O) groups is 2. The van der Waals surface area contributed by atoms with E-state index in [2.05, 4.69) is 13.8 Å². The van der Waals surface area contributed by atoms with Crippen LogP contribution in [0.2, 0.25) is 0 Å². The predicted molar refractivity (Wildman–Crippen MR) is 101 cm³/mol. The van der Waals surface area contributed by atoms with Gasteiger partial charge in [-0.15, -0.1) is 0 Å². The van der Waals surface area contributed by atoms with Crippen molar-refractivity contribution in [3.63, 3.8) is 0 Å². The second-order valence-electron chi connectivity index (χ2n) is 4.78. The zero-order valence-electron chi connectivity index (χ0n) is 13.8. The summed E-state index contributed by atoms with van der Waals surface area (Å²) in [4.78, 5) is 21.7. The molecule has 0 saturated carbocycles. The number of hydrogen-bond donors (Lipinski definition) is 0. The summed E-state index contributed by atoms with van der Waals surface area (Å²) in [6.07, 6.45) is 14.8. The molecule has 0 rings (SSSR count). The molecular weight excluding hydrogens is 272 g/mol. The molecule has 0 aromatic heterocycles. The lowest BCUT2D eigenvalue weighted by Crippen LogP contribution is -1.92. The normalized spacial score (nSPS) is 9.64. The first-order valence-electron chi connectivity index (χ1n) is 7.98. The first kappa shape index (κ1) is 28.9. The molecule has 0 radical (unpaired) electrons. The minimum atomic E-state index is 0. The second kappa shape index (κ2) is 24.8. The maximum absolute atomic E-state index is 10.9. The number of unbranched alkanes of at least 4 members (excludes halogenated alkanes) is 1. The van der Waals surface area contributed by atoms with Gasteiger partial charge in [-0.3, -0.25) is 9.59 Å². The Morgan fingerprint density at radius 1 is 0.773 bits per heavy atom. The second-order valence-corrected chi connectivity index (χ2v) is 4.78. The Bertz CT molecular complexity index is 288. The van der Waals surface area contributed by atoms with Gasteiger partial charge in [0.2, 0.25) is 0 Å². The van der Waals surface area contributed by atoms with Crippen LogP contribution in [0.1, 0.15) is 93.9 Å². The van der Waals surface area contributed by atoms with E-state index < -0.39 is 0 Å². The lowest BCUT2D eigenvalue weighted by atomic mass is 10.2. The lowest BCUT2D eigenvalue weighted by molar-refractivity contribution is -0.118. The Balaban J connectivity index is -0.000000135. The summed E-state index contributed by atoms with van der Waals surface area (Å²) in [6.45, 7) is 8.22. The van der Waals surface area contributed by atoms with Crippen molar-refractivity contribution >= 4 is 11.6 Å². The number of allylic oxidation sites excluding steroid dienone is 4. The highest BCUT2D eigenvalue weighted by Gasteiger charge is 1.94. The summed E-state index contributed by atoms with van der Waals surface area (Å²) in [5, 5.41) is 0. The third-order valence-corrected chi connectivity index (χ3v) is 2.53. The molecule has 2 nitrogen and oxygen atoms in total. The maximum atomic E-state index is 10.9. The molecule has 0 atom stereocenters. The summed E-state index contributed by atoms with van der Waals surface area (Å²) >= 11 is 0. The molecule has 0 spiro atoms. The Hall–Kier alpha value is -1.18. The molecule has 2 heteroatoms. The van der Waals surface area contributed by atoms with Crippen molar-refractivity contribution in [2.45, 2.75) is 93.9 Å². The van der Waals surface area contributed by atoms with Gasteiger partial charge in [-0.25, -0.2) is 0 Å². The van der Waals surface area contributed by atoms with Gasteiger partial charge in [0, 0.05) is 19.3 Å². The van der Waals surface area contributed by atoms with Crippen LogP contribution < -0.4 is 0 Å². The van der Waals surface area contributed by atoms with Crippen LogP contribution in [0.25, 0.3) is 0 Å². The molecule has 0 aromatic rings. The van der Waals surface area contributed by atoms with Gasteiger partial charge in [-0.1, -0.05) is 67.2 Å². The Kier molecular flexibility index (Phi) is 32.6. The highest BCUT2D eigenvalue weighted by Crippen LogP contribution is 1.95. The van der Waals surface area contributed by atoms with Crippen molar-refractivity contribution in [3.05, 3.63) is 24.3 Å². The minimum Gasteiger partial charge on any atom is -0.299 e. The van der Waals surface area contributed by atoms with E-state index in [1.807, 2.05) is 32.1 Å². The Morgan fingerprint density at radius 3 is 1.82 bits per heavy atom. The van der Waals surface area contributed by atoms with Crippen molar-refractivity contribution in [1.82, 2.24) is 0 Å². The highest BCUT2D eigenvalue weighted by atomic mass is 16.1. The van der Waals surface area contributed by atoms with Gasteiger partial charge in [-0.2, -0.15) is 0 Å². The van der Waals surface area contributed by atoms with Crippen molar-refractivity contribution in [3.8, 4) is 0 Å². The van der Waals surface area contributed by atoms with Gasteiger partial charge < -0.3 is 0 Å². The molecule has 0 aliphatic heterocycles. The smallest absolute Gasteiger partial charge is 0.155 e. The zero-order chi connectivity index (χ0) is 15.6. The van der Waals surface area contributed by atoms with Gasteiger partial charge in [-0.05, 0) is 31.8 Å². The van der Waals surface area contributed by atoms with Crippen molar-refractivity contribution in [2.75, 3.05) is 0 Å². The maximum Gasteiger partial charge on any atom is 0.155 e. The van der Waals surface area contributed by atoms with Gasteiger partial charge >= 0.3 is 0 Å². The molecule has 0 N–H and O–H groups in total. The van der Waals surface area contributed by atoms with E-state index in [0.717, 1.165) is 38.5 Å². The largest absolute Gasteiger partial charge is 0.299 e. The van der Waals surface area contributed by atoms with Crippen LogP contribution in [0.5, 0.6) is 0 Å². The third kappa shape index (κ3) is 27.2. The molecule has 0 saturated heterocycles. The van der Waals surface area contributed by atoms with E-state index in [-0.39, 0.29) is 20.6 Å². The first-order valence-corrected chi connectivity index (χ1v) is 7.98. The summed E-state index contributed by atoms with van der Waals surface area (Å²) in [6, 6.07) is 0. The minimum absolute atomic E-state index is 0. The quantitative estimate of drug-likeness (QED) is 0.332. The third-order valence-electron chi connectivity index (χ3n) is 2.53. The van der Waals surface area contributed by atoms with Crippen LogP contribution in [0.15, 0.2) is 24.3 Å². The molecule has 0 fully saturated rings. The van der Waals surface area contributed by atoms with Gasteiger partial charge in [0.15, 0.2) is 5.78 Å². The lowest BCUT2D eigenvalue weighted by Gasteiger charge is -1.90.